The average molecular weight is 345 g/mol. The molecule has 0 spiro atoms. The normalized spacial score (nSPS) is 14.2. The molecule has 0 aliphatic heterocycles. The summed E-state index contributed by atoms with van der Waals surface area (Å²) < 4.78 is 11.0. The van der Waals surface area contributed by atoms with Gasteiger partial charge in [-0.2, -0.15) is 0 Å². The minimum absolute atomic E-state index is 0.215. The van der Waals surface area contributed by atoms with Gasteiger partial charge in [0.1, 0.15) is 12.0 Å². The maximum atomic E-state index is 5.95. The van der Waals surface area contributed by atoms with Crippen LogP contribution in [0.2, 0.25) is 0 Å². The van der Waals surface area contributed by atoms with Gasteiger partial charge in [-0.25, -0.2) is 15.0 Å². The highest BCUT2D eigenvalue weighted by atomic mass is 32.1. The first-order chi connectivity index (χ1) is 11.5. The van der Waals surface area contributed by atoms with Crippen molar-refractivity contribution in [3.8, 4) is 0 Å². The van der Waals surface area contributed by atoms with Gasteiger partial charge < -0.3 is 8.83 Å². The van der Waals surface area contributed by atoms with Crippen molar-refractivity contribution in [2.75, 3.05) is 0 Å². The molecule has 0 amide bonds. The number of hydrogen-bond acceptors (Lipinski definition) is 6. The van der Waals surface area contributed by atoms with E-state index in [1.807, 2.05) is 6.20 Å². The fourth-order valence-electron chi connectivity index (χ4n) is 2.55. The first-order valence-electron chi connectivity index (χ1n) is 8.30. The molecule has 0 bridgehead atoms. The first kappa shape index (κ1) is 16.9. The Labute approximate surface area is 146 Å². The summed E-state index contributed by atoms with van der Waals surface area (Å²) in [6.45, 7) is 8.57. The zero-order chi connectivity index (χ0) is 17.1. The van der Waals surface area contributed by atoms with E-state index in [4.69, 9.17) is 13.8 Å². The Balaban J connectivity index is 1.61. The van der Waals surface area contributed by atoms with Crippen LogP contribution in [0.3, 0.4) is 0 Å². The third-order valence-corrected chi connectivity index (χ3v) is 4.99. The lowest BCUT2D eigenvalue weighted by molar-refractivity contribution is 0.417. The Bertz CT molecular complexity index is 761. The molecule has 2 unspecified atom stereocenters. The smallest absolute Gasteiger partial charge is 0.197 e. The molecule has 0 aliphatic rings. The third kappa shape index (κ3) is 3.93. The summed E-state index contributed by atoms with van der Waals surface area (Å²) in [7, 11) is 0. The predicted octanol–water partition coefficient (Wildman–Crippen LogP) is 4.93. The maximum Gasteiger partial charge on any atom is 0.197 e. The molecule has 3 aromatic heterocycles. The fraction of sp³-hybridized carbons (Fsp3) is 0.500. The molecule has 0 radical (unpaired) electrons. The number of aromatic nitrogens is 3. The predicted molar refractivity (Wildman–Crippen MR) is 93.4 cm³/mol. The molecule has 24 heavy (non-hydrogen) atoms. The zero-order valence-electron chi connectivity index (χ0n) is 14.5. The van der Waals surface area contributed by atoms with Crippen molar-refractivity contribution >= 4 is 11.3 Å². The summed E-state index contributed by atoms with van der Waals surface area (Å²) >= 11 is 1.72. The molecule has 3 aromatic rings. The van der Waals surface area contributed by atoms with E-state index in [0.29, 0.717) is 5.92 Å². The molecule has 0 saturated heterocycles. The third-order valence-electron chi connectivity index (χ3n) is 4.10. The molecule has 0 fully saturated rings. The average Bonchev–Trinajstić information content (AvgIpc) is 3.28. The summed E-state index contributed by atoms with van der Waals surface area (Å²) in [6.07, 6.45) is 6.58. The highest BCUT2D eigenvalue weighted by Gasteiger charge is 2.18. The fourth-order valence-corrected chi connectivity index (χ4v) is 3.64. The molecule has 0 saturated carbocycles. The van der Waals surface area contributed by atoms with Gasteiger partial charge in [-0.1, -0.05) is 27.7 Å². The van der Waals surface area contributed by atoms with Gasteiger partial charge in [0.25, 0.3) is 0 Å². The second kappa shape index (κ2) is 7.30. The summed E-state index contributed by atoms with van der Waals surface area (Å²) in [5.41, 5.74) is 2.10. The summed E-state index contributed by atoms with van der Waals surface area (Å²) in [6, 6.07) is 0. The van der Waals surface area contributed by atoms with E-state index in [1.54, 1.807) is 17.6 Å². The Morgan fingerprint density at radius 1 is 1.04 bits per heavy atom. The molecule has 3 rings (SSSR count). The SMILES string of the molecule is CC(C)c1csc(CC(C)c2ncc(CC(C)c3cocn3)o2)n1. The van der Waals surface area contributed by atoms with E-state index >= 15 is 0 Å². The Hall–Kier alpha value is -1.95. The van der Waals surface area contributed by atoms with E-state index in [1.165, 1.54) is 6.39 Å². The second-order valence-corrected chi connectivity index (χ2v) is 7.55. The molecule has 0 N–H and O–H groups in total. The summed E-state index contributed by atoms with van der Waals surface area (Å²) in [4.78, 5) is 13.3. The van der Waals surface area contributed by atoms with E-state index in [2.05, 4.69) is 43.0 Å². The molecule has 128 valence electrons. The molecular formula is C18H23N3O2S. The molecule has 6 heteroatoms. The molecule has 2 atom stereocenters. The van der Waals surface area contributed by atoms with E-state index in [-0.39, 0.29) is 11.8 Å². The topological polar surface area (TPSA) is 65.0 Å². The minimum atomic E-state index is 0.215. The number of rotatable bonds is 7. The number of nitrogens with zero attached hydrogens (tertiary/aromatic N) is 3. The van der Waals surface area contributed by atoms with Crippen molar-refractivity contribution in [3.63, 3.8) is 0 Å². The van der Waals surface area contributed by atoms with Crippen molar-refractivity contribution < 1.29 is 8.83 Å². The molecule has 0 aromatic carbocycles. The van der Waals surface area contributed by atoms with Crippen LogP contribution in [0.4, 0.5) is 0 Å². The van der Waals surface area contributed by atoms with Crippen LogP contribution in [0, 0.1) is 0 Å². The number of oxazole rings is 2. The van der Waals surface area contributed by atoms with E-state index in [0.717, 1.165) is 40.9 Å². The van der Waals surface area contributed by atoms with Crippen LogP contribution in [0.5, 0.6) is 0 Å². The van der Waals surface area contributed by atoms with Crippen molar-refractivity contribution in [1.82, 2.24) is 15.0 Å². The molecule has 3 heterocycles. The largest absolute Gasteiger partial charge is 0.451 e. The Morgan fingerprint density at radius 2 is 1.88 bits per heavy atom. The molecule has 0 aliphatic carbocycles. The molecular weight excluding hydrogens is 322 g/mol. The molecule has 5 nitrogen and oxygen atoms in total. The quantitative estimate of drug-likeness (QED) is 0.607. The van der Waals surface area contributed by atoms with Crippen molar-refractivity contribution in [1.29, 1.82) is 0 Å². The number of thiazole rings is 1. The van der Waals surface area contributed by atoms with Crippen LogP contribution in [0.25, 0.3) is 0 Å². The van der Waals surface area contributed by atoms with Crippen LogP contribution in [-0.4, -0.2) is 15.0 Å². The van der Waals surface area contributed by atoms with Crippen molar-refractivity contribution in [2.24, 2.45) is 0 Å². The van der Waals surface area contributed by atoms with Crippen LogP contribution in [0.1, 0.15) is 73.5 Å². The van der Waals surface area contributed by atoms with Gasteiger partial charge in [-0.05, 0) is 5.92 Å². The van der Waals surface area contributed by atoms with Gasteiger partial charge in [0.15, 0.2) is 12.3 Å². The lowest BCUT2D eigenvalue weighted by Gasteiger charge is -2.06. The maximum absolute atomic E-state index is 5.95. The Kier molecular flexibility index (Phi) is 5.14. The lowest BCUT2D eigenvalue weighted by Crippen LogP contribution is -1.99. The zero-order valence-corrected chi connectivity index (χ0v) is 15.3. The van der Waals surface area contributed by atoms with Gasteiger partial charge in [-0.15, -0.1) is 11.3 Å². The first-order valence-corrected chi connectivity index (χ1v) is 9.18. The number of hydrogen-bond donors (Lipinski definition) is 0. The highest BCUT2D eigenvalue weighted by molar-refractivity contribution is 7.09. The van der Waals surface area contributed by atoms with Crippen LogP contribution >= 0.6 is 11.3 Å². The van der Waals surface area contributed by atoms with Gasteiger partial charge >= 0.3 is 0 Å². The minimum Gasteiger partial charge on any atom is -0.451 e. The van der Waals surface area contributed by atoms with Gasteiger partial charge in [0.2, 0.25) is 0 Å². The van der Waals surface area contributed by atoms with Gasteiger partial charge in [0.05, 0.1) is 22.6 Å². The lowest BCUT2D eigenvalue weighted by atomic mass is 10.0. The van der Waals surface area contributed by atoms with E-state index < -0.39 is 0 Å². The van der Waals surface area contributed by atoms with E-state index in [9.17, 15) is 0 Å². The van der Waals surface area contributed by atoms with Crippen LogP contribution < -0.4 is 0 Å². The van der Waals surface area contributed by atoms with Crippen molar-refractivity contribution in [3.05, 3.63) is 52.3 Å². The monoisotopic (exact) mass is 345 g/mol. The highest BCUT2D eigenvalue weighted by Crippen LogP contribution is 2.26. The van der Waals surface area contributed by atoms with Gasteiger partial charge in [-0.3, -0.25) is 0 Å². The van der Waals surface area contributed by atoms with Crippen LogP contribution in [-0.2, 0) is 12.8 Å². The summed E-state index contributed by atoms with van der Waals surface area (Å²) in [5, 5.41) is 3.29. The summed E-state index contributed by atoms with van der Waals surface area (Å²) in [5.74, 6) is 2.59. The van der Waals surface area contributed by atoms with Crippen LogP contribution in [0.15, 0.2) is 33.1 Å². The van der Waals surface area contributed by atoms with Crippen molar-refractivity contribution in [2.45, 2.75) is 58.3 Å². The second-order valence-electron chi connectivity index (χ2n) is 6.61. The standard InChI is InChI=1S/C18H23N3O2S/c1-11(2)16-9-24-17(21-16)6-13(4)18-19-7-14(23-18)5-12(3)15-8-22-10-20-15/h7-13H,5-6H2,1-4H3. The Morgan fingerprint density at radius 3 is 2.54 bits per heavy atom. The van der Waals surface area contributed by atoms with Gasteiger partial charge in [0, 0.05) is 30.1 Å².